The number of nitrogens with one attached hydrogen (secondary N) is 2. The van der Waals surface area contributed by atoms with Crippen molar-refractivity contribution in [3.05, 3.63) is 0 Å². The fourth-order valence-corrected chi connectivity index (χ4v) is 1.47. The van der Waals surface area contributed by atoms with Gasteiger partial charge in [0.2, 0.25) is 0 Å². The number of aliphatic hydroxyl groups excluding tert-OH is 1. The number of amides is 2. The number of carbonyl (C=O) groups excluding carboxylic acids is 1. The molecule has 0 saturated carbocycles. The van der Waals surface area contributed by atoms with Gasteiger partial charge in [-0.3, -0.25) is 0 Å². The van der Waals surface area contributed by atoms with Crippen molar-refractivity contribution in [2.45, 2.75) is 38.8 Å². The molecule has 0 radical (unpaired) electrons. The molecule has 2 unspecified atom stereocenters. The third-order valence-corrected chi connectivity index (χ3v) is 3.11. The van der Waals surface area contributed by atoms with Crippen molar-refractivity contribution in [2.24, 2.45) is 0 Å². The SMILES string of the molecule is CCC(C)N(C)CCNC(=O)NC(CCO)C(=O)O. The maximum absolute atomic E-state index is 11.5. The van der Waals surface area contributed by atoms with Crippen LogP contribution in [0.3, 0.4) is 0 Å². The van der Waals surface area contributed by atoms with Crippen LogP contribution >= 0.6 is 0 Å². The van der Waals surface area contributed by atoms with E-state index in [0.717, 1.165) is 6.42 Å². The predicted molar refractivity (Wildman–Crippen MR) is 72.0 cm³/mol. The molecule has 0 heterocycles. The zero-order chi connectivity index (χ0) is 14.8. The second kappa shape index (κ2) is 9.57. The summed E-state index contributed by atoms with van der Waals surface area (Å²) < 4.78 is 0. The molecule has 0 bridgehead atoms. The number of carbonyl (C=O) groups is 2. The topological polar surface area (TPSA) is 102 Å². The number of likely N-dealkylation sites (N-methyl/N-ethyl adjacent to an activating group) is 1. The molecule has 7 heteroatoms. The highest BCUT2D eigenvalue weighted by atomic mass is 16.4. The molecule has 0 aliphatic rings. The first-order chi connectivity index (χ1) is 8.92. The predicted octanol–water partition coefficient (Wildman–Crippen LogP) is -0.148. The summed E-state index contributed by atoms with van der Waals surface area (Å²) in [5.41, 5.74) is 0. The Morgan fingerprint density at radius 2 is 2.00 bits per heavy atom. The zero-order valence-electron chi connectivity index (χ0n) is 11.8. The molecule has 0 saturated heterocycles. The van der Waals surface area contributed by atoms with Crippen LogP contribution in [0.1, 0.15) is 26.7 Å². The van der Waals surface area contributed by atoms with Crippen molar-refractivity contribution in [1.29, 1.82) is 0 Å². The first-order valence-electron chi connectivity index (χ1n) is 6.50. The van der Waals surface area contributed by atoms with Gasteiger partial charge in [0.1, 0.15) is 6.04 Å². The number of hydrogen-bond acceptors (Lipinski definition) is 4. The van der Waals surface area contributed by atoms with Crippen LogP contribution in [-0.4, -0.2) is 65.9 Å². The first-order valence-corrected chi connectivity index (χ1v) is 6.50. The van der Waals surface area contributed by atoms with Crippen molar-refractivity contribution >= 4 is 12.0 Å². The molecule has 0 rings (SSSR count). The second-order valence-corrected chi connectivity index (χ2v) is 4.54. The Kier molecular flexibility index (Phi) is 8.90. The molecular formula is C12H25N3O4. The van der Waals surface area contributed by atoms with Gasteiger partial charge in [0.05, 0.1) is 0 Å². The van der Waals surface area contributed by atoms with Gasteiger partial charge in [-0.05, 0) is 20.4 Å². The highest BCUT2D eigenvalue weighted by Gasteiger charge is 2.18. The number of aliphatic hydroxyl groups is 1. The largest absolute Gasteiger partial charge is 0.480 e. The maximum atomic E-state index is 11.5. The van der Waals surface area contributed by atoms with Crippen molar-refractivity contribution in [2.75, 3.05) is 26.7 Å². The van der Waals surface area contributed by atoms with Gasteiger partial charge < -0.3 is 25.7 Å². The highest BCUT2D eigenvalue weighted by molar-refractivity contribution is 5.82. The number of carboxylic acid groups (broad SMARTS) is 1. The van der Waals surface area contributed by atoms with Crippen molar-refractivity contribution in [3.63, 3.8) is 0 Å². The molecule has 2 amide bonds. The molecule has 0 spiro atoms. The minimum absolute atomic E-state index is 0.00444. The van der Waals surface area contributed by atoms with E-state index in [9.17, 15) is 9.59 Å². The lowest BCUT2D eigenvalue weighted by Gasteiger charge is -2.23. The Hall–Kier alpha value is -1.34. The van der Waals surface area contributed by atoms with Gasteiger partial charge in [0.25, 0.3) is 0 Å². The van der Waals surface area contributed by atoms with E-state index in [1.165, 1.54) is 0 Å². The summed E-state index contributed by atoms with van der Waals surface area (Å²) >= 11 is 0. The van der Waals surface area contributed by atoms with E-state index in [1.54, 1.807) is 0 Å². The first kappa shape index (κ1) is 17.7. The number of aliphatic carboxylic acids is 1. The fraction of sp³-hybridized carbons (Fsp3) is 0.833. The van der Waals surface area contributed by atoms with Crippen LogP contribution < -0.4 is 10.6 Å². The monoisotopic (exact) mass is 275 g/mol. The lowest BCUT2D eigenvalue weighted by atomic mass is 10.2. The lowest BCUT2D eigenvalue weighted by Crippen LogP contribution is -2.48. The molecule has 7 nitrogen and oxygen atoms in total. The van der Waals surface area contributed by atoms with Crippen LogP contribution in [0.2, 0.25) is 0 Å². The lowest BCUT2D eigenvalue weighted by molar-refractivity contribution is -0.139. The molecule has 0 aromatic carbocycles. The van der Waals surface area contributed by atoms with E-state index < -0.39 is 18.0 Å². The molecular weight excluding hydrogens is 250 g/mol. The van der Waals surface area contributed by atoms with E-state index >= 15 is 0 Å². The Bertz CT molecular complexity index is 286. The number of rotatable bonds is 9. The summed E-state index contributed by atoms with van der Waals surface area (Å²) in [5, 5.41) is 22.4. The highest BCUT2D eigenvalue weighted by Crippen LogP contribution is 1.98. The van der Waals surface area contributed by atoms with Gasteiger partial charge in [-0.25, -0.2) is 9.59 Å². The summed E-state index contributed by atoms with van der Waals surface area (Å²) in [5.74, 6) is -1.15. The van der Waals surface area contributed by atoms with Crippen molar-refractivity contribution < 1.29 is 19.8 Å². The molecule has 0 fully saturated rings. The molecule has 112 valence electrons. The average molecular weight is 275 g/mol. The second-order valence-electron chi connectivity index (χ2n) is 4.54. The van der Waals surface area contributed by atoms with Crippen LogP contribution in [-0.2, 0) is 4.79 Å². The summed E-state index contributed by atoms with van der Waals surface area (Å²) in [6.07, 6.45) is 1.02. The summed E-state index contributed by atoms with van der Waals surface area (Å²) in [7, 11) is 1.97. The Morgan fingerprint density at radius 1 is 1.37 bits per heavy atom. The van der Waals surface area contributed by atoms with Crippen LogP contribution in [0.5, 0.6) is 0 Å². The van der Waals surface area contributed by atoms with Crippen LogP contribution in [0.4, 0.5) is 4.79 Å². The van der Waals surface area contributed by atoms with Crippen LogP contribution in [0, 0.1) is 0 Å². The van der Waals surface area contributed by atoms with Gasteiger partial charge in [-0.2, -0.15) is 0 Å². The molecule has 0 aliphatic heterocycles. The summed E-state index contributed by atoms with van der Waals surface area (Å²) in [6, 6.07) is -1.15. The molecule has 2 atom stereocenters. The van der Waals surface area contributed by atoms with Gasteiger partial charge >= 0.3 is 12.0 Å². The Labute approximate surface area is 114 Å². The van der Waals surface area contributed by atoms with E-state index in [-0.39, 0.29) is 13.0 Å². The van der Waals surface area contributed by atoms with E-state index in [1.807, 2.05) is 7.05 Å². The van der Waals surface area contributed by atoms with E-state index in [2.05, 4.69) is 29.4 Å². The number of carboxylic acids is 1. The maximum Gasteiger partial charge on any atom is 0.326 e. The van der Waals surface area contributed by atoms with Crippen LogP contribution in [0.15, 0.2) is 0 Å². The molecule has 19 heavy (non-hydrogen) atoms. The van der Waals surface area contributed by atoms with Gasteiger partial charge in [0.15, 0.2) is 0 Å². The molecule has 0 aromatic heterocycles. The van der Waals surface area contributed by atoms with Crippen molar-refractivity contribution in [3.8, 4) is 0 Å². The normalized spacial score (nSPS) is 13.9. The number of hydrogen-bond donors (Lipinski definition) is 4. The molecule has 0 aliphatic carbocycles. The smallest absolute Gasteiger partial charge is 0.326 e. The quantitative estimate of drug-likeness (QED) is 0.469. The Balaban J connectivity index is 3.94. The third-order valence-electron chi connectivity index (χ3n) is 3.11. The number of nitrogens with zero attached hydrogens (tertiary/aromatic N) is 1. The fourth-order valence-electron chi connectivity index (χ4n) is 1.47. The Morgan fingerprint density at radius 3 is 2.47 bits per heavy atom. The minimum Gasteiger partial charge on any atom is -0.480 e. The average Bonchev–Trinajstić information content (AvgIpc) is 2.36. The summed E-state index contributed by atoms with van der Waals surface area (Å²) in [6.45, 7) is 5.04. The molecule has 0 aromatic rings. The van der Waals surface area contributed by atoms with Gasteiger partial charge in [-0.15, -0.1) is 0 Å². The third kappa shape index (κ3) is 7.63. The van der Waals surface area contributed by atoms with Gasteiger partial charge in [-0.1, -0.05) is 6.92 Å². The van der Waals surface area contributed by atoms with E-state index in [4.69, 9.17) is 10.2 Å². The molecule has 4 N–H and O–H groups in total. The summed E-state index contributed by atoms with van der Waals surface area (Å²) in [4.78, 5) is 24.4. The van der Waals surface area contributed by atoms with E-state index in [0.29, 0.717) is 19.1 Å². The minimum atomic E-state index is -1.15. The van der Waals surface area contributed by atoms with Gasteiger partial charge in [0, 0.05) is 32.2 Å². The number of urea groups is 1. The van der Waals surface area contributed by atoms with Crippen LogP contribution in [0.25, 0.3) is 0 Å². The standard InChI is InChI=1S/C12H25N3O4/c1-4-9(2)15(3)7-6-13-12(19)14-10(5-8-16)11(17)18/h9-10,16H,4-8H2,1-3H3,(H,17,18)(H2,13,14,19). The van der Waals surface area contributed by atoms with Crippen molar-refractivity contribution in [1.82, 2.24) is 15.5 Å². The zero-order valence-corrected chi connectivity index (χ0v) is 11.8.